The molecule has 2 rings (SSSR count). The molecule has 0 aliphatic heterocycles. The Bertz CT molecular complexity index is 235. The van der Waals surface area contributed by atoms with Crippen molar-refractivity contribution in [2.24, 2.45) is 11.1 Å². The molecule has 0 saturated heterocycles. The number of rotatable bonds is 0. The maximum absolute atomic E-state index is 9.10. The number of aliphatic carboxylic acids is 2. The van der Waals surface area contributed by atoms with E-state index >= 15 is 0 Å². The lowest BCUT2D eigenvalue weighted by Gasteiger charge is -2.10. The topological polar surface area (TPSA) is 101 Å². The summed E-state index contributed by atoms with van der Waals surface area (Å²) in [5, 5.41) is 14.8. The monoisotopic (exact) mass is 201 g/mol. The molecule has 2 aliphatic carbocycles. The standard InChI is InChI=1S/C7H13N.C2H2O4/c8-6-2-1-3-7(6)4-5-7;3-1(4)2(5)6/h6H,1-5,8H2;(H,3,4)(H,5,6). The molecule has 80 valence electrons. The number of carbonyl (C=O) groups is 2. The first-order valence-corrected chi connectivity index (χ1v) is 4.70. The Kier molecular flexibility index (Phi) is 3.10. The molecule has 1 unspecified atom stereocenters. The molecule has 1 atom stereocenters. The lowest BCUT2D eigenvalue weighted by molar-refractivity contribution is -0.159. The third-order valence-electron chi connectivity index (χ3n) is 3.05. The average Bonchev–Trinajstić information content (AvgIpc) is 2.77. The number of carboxylic acid groups (broad SMARTS) is 2. The predicted octanol–water partition coefficient (Wildman–Crippen LogP) is 0.433. The Morgan fingerprint density at radius 3 is 1.79 bits per heavy atom. The zero-order valence-corrected chi connectivity index (χ0v) is 7.90. The minimum atomic E-state index is -1.82. The van der Waals surface area contributed by atoms with E-state index in [4.69, 9.17) is 25.5 Å². The van der Waals surface area contributed by atoms with E-state index in [0.29, 0.717) is 11.5 Å². The normalized spacial score (nSPS) is 26.5. The van der Waals surface area contributed by atoms with E-state index < -0.39 is 11.9 Å². The Morgan fingerprint density at radius 1 is 1.14 bits per heavy atom. The highest BCUT2D eigenvalue weighted by atomic mass is 16.4. The molecule has 4 N–H and O–H groups in total. The fraction of sp³-hybridized carbons (Fsp3) is 0.778. The molecule has 0 bridgehead atoms. The number of nitrogens with two attached hydrogens (primary N) is 1. The van der Waals surface area contributed by atoms with Crippen molar-refractivity contribution in [2.45, 2.75) is 38.1 Å². The fourth-order valence-corrected chi connectivity index (χ4v) is 1.95. The molecule has 14 heavy (non-hydrogen) atoms. The molecule has 0 aromatic rings. The molecule has 0 aromatic heterocycles. The molecule has 0 aromatic carbocycles. The van der Waals surface area contributed by atoms with Gasteiger partial charge < -0.3 is 15.9 Å². The van der Waals surface area contributed by atoms with Crippen LogP contribution < -0.4 is 5.73 Å². The van der Waals surface area contributed by atoms with E-state index in [-0.39, 0.29) is 0 Å². The molecular weight excluding hydrogens is 186 g/mol. The van der Waals surface area contributed by atoms with E-state index in [9.17, 15) is 0 Å². The van der Waals surface area contributed by atoms with Crippen molar-refractivity contribution in [3.05, 3.63) is 0 Å². The molecule has 2 fully saturated rings. The summed E-state index contributed by atoms with van der Waals surface area (Å²) in [7, 11) is 0. The van der Waals surface area contributed by atoms with Crippen LogP contribution in [0.3, 0.4) is 0 Å². The van der Waals surface area contributed by atoms with Crippen LogP contribution in [0.4, 0.5) is 0 Å². The summed E-state index contributed by atoms with van der Waals surface area (Å²) in [6, 6.07) is 0.572. The molecular formula is C9H15NO4. The van der Waals surface area contributed by atoms with Gasteiger partial charge in [-0.05, 0) is 31.1 Å². The Labute approximate surface area is 81.9 Å². The summed E-state index contributed by atoms with van der Waals surface area (Å²) in [6.45, 7) is 0. The highest BCUT2D eigenvalue weighted by molar-refractivity contribution is 6.27. The minimum absolute atomic E-state index is 0.572. The predicted molar refractivity (Wildman–Crippen MR) is 48.8 cm³/mol. The van der Waals surface area contributed by atoms with Crippen LogP contribution in [-0.4, -0.2) is 28.2 Å². The van der Waals surface area contributed by atoms with Crippen molar-refractivity contribution in [3.8, 4) is 0 Å². The van der Waals surface area contributed by atoms with Gasteiger partial charge in [0.25, 0.3) is 0 Å². The number of carboxylic acids is 2. The van der Waals surface area contributed by atoms with E-state index in [2.05, 4.69) is 0 Å². The van der Waals surface area contributed by atoms with Gasteiger partial charge in [0.05, 0.1) is 0 Å². The first kappa shape index (κ1) is 11.0. The van der Waals surface area contributed by atoms with Gasteiger partial charge in [0, 0.05) is 6.04 Å². The van der Waals surface area contributed by atoms with E-state index in [1.165, 1.54) is 32.1 Å². The van der Waals surface area contributed by atoms with E-state index in [1.807, 2.05) is 0 Å². The lowest BCUT2D eigenvalue weighted by atomic mass is 10.0. The lowest BCUT2D eigenvalue weighted by Crippen LogP contribution is -2.25. The van der Waals surface area contributed by atoms with Gasteiger partial charge in [0.2, 0.25) is 0 Å². The van der Waals surface area contributed by atoms with Gasteiger partial charge in [-0.2, -0.15) is 0 Å². The second-order valence-electron chi connectivity index (χ2n) is 3.97. The minimum Gasteiger partial charge on any atom is -0.473 e. The Hall–Kier alpha value is -1.10. The van der Waals surface area contributed by atoms with Gasteiger partial charge >= 0.3 is 11.9 Å². The van der Waals surface area contributed by atoms with Gasteiger partial charge in [-0.25, -0.2) is 9.59 Å². The summed E-state index contributed by atoms with van der Waals surface area (Å²) in [5.74, 6) is -3.65. The Balaban J connectivity index is 0.000000149. The number of hydrogen-bond donors (Lipinski definition) is 3. The van der Waals surface area contributed by atoms with Gasteiger partial charge in [0.15, 0.2) is 0 Å². The smallest absolute Gasteiger partial charge is 0.414 e. The largest absolute Gasteiger partial charge is 0.473 e. The zero-order valence-electron chi connectivity index (χ0n) is 7.90. The first-order valence-electron chi connectivity index (χ1n) is 4.70. The van der Waals surface area contributed by atoms with Crippen LogP contribution in [0, 0.1) is 5.41 Å². The van der Waals surface area contributed by atoms with Crippen molar-refractivity contribution in [2.75, 3.05) is 0 Å². The second-order valence-corrected chi connectivity index (χ2v) is 3.97. The van der Waals surface area contributed by atoms with Crippen LogP contribution in [0.5, 0.6) is 0 Å². The van der Waals surface area contributed by atoms with Crippen LogP contribution >= 0.6 is 0 Å². The van der Waals surface area contributed by atoms with Crippen LogP contribution in [0.2, 0.25) is 0 Å². The molecule has 0 radical (unpaired) electrons. The average molecular weight is 201 g/mol. The molecule has 2 aliphatic rings. The summed E-state index contributed by atoms with van der Waals surface area (Å²) in [4.78, 5) is 18.2. The van der Waals surface area contributed by atoms with E-state index in [0.717, 1.165) is 0 Å². The fourth-order valence-electron chi connectivity index (χ4n) is 1.95. The third kappa shape index (κ3) is 2.45. The molecule has 0 heterocycles. The van der Waals surface area contributed by atoms with Crippen LogP contribution in [-0.2, 0) is 9.59 Å². The number of hydrogen-bond acceptors (Lipinski definition) is 3. The summed E-state index contributed by atoms with van der Waals surface area (Å²) in [5.41, 5.74) is 6.56. The molecule has 1 spiro atoms. The maximum atomic E-state index is 9.10. The summed E-state index contributed by atoms with van der Waals surface area (Å²) < 4.78 is 0. The highest BCUT2D eigenvalue weighted by Crippen LogP contribution is 2.56. The molecule has 5 heteroatoms. The van der Waals surface area contributed by atoms with Crippen molar-refractivity contribution >= 4 is 11.9 Å². The quantitative estimate of drug-likeness (QED) is 0.493. The van der Waals surface area contributed by atoms with Crippen molar-refractivity contribution in [3.63, 3.8) is 0 Å². The van der Waals surface area contributed by atoms with Crippen LogP contribution in [0.1, 0.15) is 32.1 Å². The van der Waals surface area contributed by atoms with Crippen molar-refractivity contribution in [1.29, 1.82) is 0 Å². The van der Waals surface area contributed by atoms with Gasteiger partial charge in [-0.1, -0.05) is 6.42 Å². The summed E-state index contributed by atoms with van der Waals surface area (Å²) in [6.07, 6.45) is 6.96. The molecule has 5 nitrogen and oxygen atoms in total. The molecule has 0 amide bonds. The maximum Gasteiger partial charge on any atom is 0.414 e. The van der Waals surface area contributed by atoms with Crippen molar-refractivity contribution in [1.82, 2.24) is 0 Å². The van der Waals surface area contributed by atoms with E-state index in [1.54, 1.807) is 0 Å². The first-order chi connectivity index (χ1) is 6.48. The van der Waals surface area contributed by atoms with Gasteiger partial charge in [-0.3, -0.25) is 0 Å². The van der Waals surface area contributed by atoms with Crippen LogP contribution in [0.15, 0.2) is 0 Å². The second kappa shape index (κ2) is 3.96. The van der Waals surface area contributed by atoms with Crippen LogP contribution in [0.25, 0.3) is 0 Å². The third-order valence-corrected chi connectivity index (χ3v) is 3.05. The highest BCUT2D eigenvalue weighted by Gasteiger charge is 2.49. The van der Waals surface area contributed by atoms with Gasteiger partial charge in [-0.15, -0.1) is 0 Å². The Morgan fingerprint density at radius 2 is 1.64 bits per heavy atom. The van der Waals surface area contributed by atoms with Crippen molar-refractivity contribution < 1.29 is 19.8 Å². The van der Waals surface area contributed by atoms with Gasteiger partial charge in [0.1, 0.15) is 0 Å². The molecule has 2 saturated carbocycles. The SMILES string of the molecule is NC1CCCC12CC2.O=C(O)C(=O)O. The summed E-state index contributed by atoms with van der Waals surface area (Å²) >= 11 is 0. The zero-order chi connectivity index (χ0) is 10.8.